The molecule has 0 heterocycles. The first-order chi connectivity index (χ1) is 6.29. The Hall–Kier alpha value is -1.05. The van der Waals surface area contributed by atoms with E-state index in [1.54, 1.807) is 12.1 Å². The molecule has 0 aromatic heterocycles. The van der Waals surface area contributed by atoms with E-state index in [1.165, 1.54) is 18.9 Å². The van der Waals surface area contributed by atoms with Crippen molar-refractivity contribution >= 4 is 5.69 Å². The van der Waals surface area contributed by atoms with Crippen LogP contribution in [0.2, 0.25) is 0 Å². The number of hydrogen-bond acceptors (Lipinski definition) is 1. The summed E-state index contributed by atoms with van der Waals surface area (Å²) in [5.74, 6) is 0.230. The molecule has 0 bridgehead atoms. The second-order valence-electron chi connectivity index (χ2n) is 3.72. The minimum absolute atomic E-state index is 0.132. The zero-order chi connectivity index (χ0) is 9.26. The van der Waals surface area contributed by atoms with Gasteiger partial charge in [0, 0.05) is 11.3 Å². The number of rotatable bonds is 1. The fraction of sp³-hybridized carbons (Fsp3) is 0.455. The molecule has 0 radical (unpaired) electrons. The molecule has 0 aliphatic heterocycles. The van der Waals surface area contributed by atoms with Gasteiger partial charge in [0.15, 0.2) is 0 Å². The van der Waals surface area contributed by atoms with E-state index >= 15 is 0 Å². The number of hydrogen-bond donors (Lipinski definition) is 1. The number of benzene rings is 1. The van der Waals surface area contributed by atoms with Crippen LogP contribution >= 0.6 is 0 Å². The minimum Gasteiger partial charge on any atom is -0.398 e. The Labute approximate surface area is 77.8 Å². The van der Waals surface area contributed by atoms with Crippen molar-refractivity contribution in [2.75, 3.05) is 5.73 Å². The second kappa shape index (κ2) is 3.36. The van der Waals surface area contributed by atoms with Gasteiger partial charge in [0.05, 0.1) is 0 Å². The summed E-state index contributed by atoms with van der Waals surface area (Å²) < 4.78 is 13.4. The molecule has 1 fully saturated rings. The maximum absolute atomic E-state index is 13.4. The monoisotopic (exact) mass is 179 g/mol. The Morgan fingerprint density at radius 1 is 1.23 bits per heavy atom. The van der Waals surface area contributed by atoms with Gasteiger partial charge in [-0.2, -0.15) is 0 Å². The summed E-state index contributed by atoms with van der Waals surface area (Å²) in [6.45, 7) is 0. The molecule has 1 nitrogen and oxygen atoms in total. The first-order valence-corrected chi connectivity index (χ1v) is 4.83. The quantitative estimate of drug-likeness (QED) is 0.659. The normalized spacial score (nSPS) is 17.9. The van der Waals surface area contributed by atoms with E-state index in [0.29, 0.717) is 11.6 Å². The topological polar surface area (TPSA) is 26.0 Å². The zero-order valence-corrected chi connectivity index (χ0v) is 7.59. The molecule has 0 atom stereocenters. The standard InChI is InChI=1S/C11H14FN/c12-9-6-3-7-10(13)11(9)8-4-1-2-5-8/h3,6-8H,1-2,4-5,13H2. The van der Waals surface area contributed by atoms with Gasteiger partial charge >= 0.3 is 0 Å². The maximum atomic E-state index is 13.4. The van der Waals surface area contributed by atoms with Crippen LogP contribution in [0.1, 0.15) is 37.2 Å². The predicted octanol–water partition coefficient (Wildman–Crippen LogP) is 3.07. The van der Waals surface area contributed by atoms with E-state index in [2.05, 4.69) is 0 Å². The highest BCUT2D eigenvalue weighted by Gasteiger charge is 2.21. The molecule has 0 unspecified atom stereocenters. The van der Waals surface area contributed by atoms with Gasteiger partial charge in [-0.05, 0) is 30.9 Å². The average molecular weight is 179 g/mol. The third-order valence-electron chi connectivity index (χ3n) is 2.85. The lowest BCUT2D eigenvalue weighted by atomic mass is 9.95. The van der Waals surface area contributed by atoms with Gasteiger partial charge in [0.25, 0.3) is 0 Å². The Balaban J connectivity index is 2.37. The molecule has 13 heavy (non-hydrogen) atoms. The van der Waals surface area contributed by atoms with Gasteiger partial charge in [-0.1, -0.05) is 18.9 Å². The van der Waals surface area contributed by atoms with E-state index in [1.807, 2.05) is 0 Å². The number of nitrogen functional groups attached to an aromatic ring is 1. The largest absolute Gasteiger partial charge is 0.398 e. The van der Waals surface area contributed by atoms with Crippen molar-refractivity contribution in [3.63, 3.8) is 0 Å². The zero-order valence-electron chi connectivity index (χ0n) is 7.59. The van der Waals surface area contributed by atoms with Crippen molar-refractivity contribution in [3.05, 3.63) is 29.6 Å². The number of halogens is 1. The van der Waals surface area contributed by atoms with Crippen LogP contribution in [0.4, 0.5) is 10.1 Å². The summed E-state index contributed by atoms with van der Waals surface area (Å²) in [6, 6.07) is 4.96. The van der Waals surface area contributed by atoms with Gasteiger partial charge in [0.2, 0.25) is 0 Å². The SMILES string of the molecule is Nc1cccc(F)c1C1CCCC1. The molecular formula is C11H14FN. The lowest BCUT2D eigenvalue weighted by molar-refractivity contribution is 0.582. The Morgan fingerprint density at radius 3 is 2.54 bits per heavy atom. The fourth-order valence-corrected chi connectivity index (χ4v) is 2.20. The third-order valence-corrected chi connectivity index (χ3v) is 2.85. The number of anilines is 1. The van der Waals surface area contributed by atoms with Crippen LogP contribution < -0.4 is 5.73 Å². The van der Waals surface area contributed by atoms with Gasteiger partial charge < -0.3 is 5.73 Å². The van der Waals surface area contributed by atoms with E-state index in [4.69, 9.17) is 5.73 Å². The third kappa shape index (κ3) is 1.53. The first-order valence-electron chi connectivity index (χ1n) is 4.83. The Kier molecular flexibility index (Phi) is 2.21. The molecule has 1 aliphatic rings. The molecule has 2 rings (SSSR count). The molecule has 1 aromatic rings. The first kappa shape index (κ1) is 8.54. The summed E-state index contributed by atoms with van der Waals surface area (Å²) in [4.78, 5) is 0. The average Bonchev–Trinajstić information content (AvgIpc) is 2.57. The molecule has 1 saturated carbocycles. The molecule has 1 aromatic carbocycles. The summed E-state index contributed by atoms with van der Waals surface area (Å²) in [5, 5.41) is 0. The van der Waals surface area contributed by atoms with Crippen molar-refractivity contribution in [2.24, 2.45) is 0 Å². The van der Waals surface area contributed by atoms with Crippen LogP contribution in [-0.2, 0) is 0 Å². The summed E-state index contributed by atoms with van der Waals surface area (Å²) in [6.07, 6.45) is 4.59. The highest BCUT2D eigenvalue weighted by molar-refractivity contribution is 5.49. The van der Waals surface area contributed by atoms with Crippen molar-refractivity contribution in [2.45, 2.75) is 31.6 Å². The van der Waals surface area contributed by atoms with E-state index < -0.39 is 0 Å². The smallest absolute Gasteiger partial charge is 0.128 e. The molecule has 1 aliphatic carbocycles. The lowest BCUT2D eigenvalue weighted by Crippen LogP contribution is -2.02. The summed E-state index contributed by atoms with van der Waals surface area (Å²) in [5.41, 5.74) is 7.13. The molecule has 2 heteroatoms. The van der Waals surface area contributed by atoms with Crippen LogP contribution in [0.5, 0.6) is 0 Å². The van der Waals surface area contributed by atoms with Crippen molar-refractivity contribution in [1.82, 2.24) is 0 Å². The molecule has 0 spiro atoms. The Morgan fingerprint density at radius 2 is 1.92 bits per heavy atom. The van der Waals surface area contributed by atoms with Crippen LogP contribution in [0, 0.1) is 5.82 Å². The van der Waals surface area contributed by atoms with Crippen molar-refractivity contribution in [1.29, 1.82) is 0 Å². The predicted molar refractivity (Wildman–Crippen MR) is 52.0 cm³/mol. The van der Waals surface area contributed by atoms with Gasteiger partial charge in [-0.3, -0.25) is 0 Å². The van der Waals surface area contributed by atoms with Crippen molar-refractivity contribution in [3.8, 4) is 0 Å². The molecule has 2 N–H and O–H groups in total. The lowest BCUT2D eigenvalue weighted by Gasteiger charge is -2.13. The summed E-state index contributed by atoms with van der Waals surface area (Å²) in [7, 11) is 0. The number of nitrogens with two attached hydrogens (primary N) is 1. The highest BCUT2D eigenvalue weighted by atomic mass is 19.1. The summed E-state index contributed by atoms with van der Waals surface area (Å²) >= 11 is 0. The van der Waals surface area contributed by atoms with Gasteiger partial charge in [-0.15, -0.1) is 0 Å². The van der Waals surface area contributed by atoms with Crippen LogP contribution in [0.15, 0.2) is 18.2 Å². The molecule has 0 amide bonds. The molecule has 70 valence electrons. The van der Waals surface area contributed by atoms with Gasteiger partial charge in [0.1, 0.15) is 5.82 Å². The second-order valence-corrected chi connectivity index (χ2v) is 3.72. The fourth-order valence-electron chi connectivity index (χ4n) is 2.20. The van der Waals surface area contributed by atoms with E-state index in [-0.39, 0.29) is 5.82 Å². The maximum Gasteiger partial charge on any atom is 0.128 e. The highest BCUT2D eigenvalue weighted by Crippen LogP contribution is 2.37. The van der Waals surface area contributed by atoms with E-state index in [9.17, 15) is 4.39 Å². The van der Waals surface area contributed by atoms with E-state index in [0.717, 1.165) is 18.4 Å². The van der Waals surface area contributed by atoms with Crippen LogP contribution in [0.3, 0.4) is 0 Å². The molecular weight excluding hydrogens is 165 g/mol. The molecule has 0 saturated heterocycles. The minimum atomic E-state index is -0.132. The van der Waals surface area contributed by atoms with Crippen molar-refractivity contribution < 1.29 is 4.39 Å². The van der Waals surface area contributed by atoms with Crippen LogP contribution in [0.25, 0.3) is 0 Å². The van der Waals surface area contributed by atoms with Gasteiger partial charge in [-0.25, -0.2) is 4.39 Å². The van der Waals surface area contributed by atoms with Crippen LogP contribution in [-0.4, -0.2) is 0 Å². The Bertz CT molecular complexity index is 283.